The molecule has 1 unspecified atom stereocenters. The van der Waals surface area contributed by atoms with Gasteiger partial charge in [0, 0.05) is 17.3 Å². The van der Waals surface area contributed by atoms with Gasteiger partial charge in [0.1, 0.15) is 0 Å². The highest BCUT2D eigenvalue weighted by molar-refractivity contribution is 5.90. The number of hydrogen-bond donors (Lipinski definition) is 0. The molecule has 0 spiro atoms. The van der Waals surface area contributed by atoms with Crippen LogP contribution in [-0.4, -0.2) is 0 Å². The highest BCUT2D eigenvalue weighted by atomic mass is 14.6. The molecule has 0 heterocycles. The smallest absolute Gasteiger partial charge is 0.0415 e. The Morgan fingerprint density at radius 3 is 1.53 bits per heavy atom. The molecule has 0 N–H and O–H groups in total. The molecular weight excluding hydrogens is 637 g/mol. The Labute approximate surface area is 315 Å². The van der Waals surface area contributed by atoms with E-state index in [1.807, 2.05) is 0 Å². The Morgan fingerprint density at radius 1 is 0.415 bits per heavy atom. The van der Waals surface area contributed by atoms with Gasteiger partial charge in [-0.3, -0.25) is 0 Å². The van der Waals surface area contributed by atoms with Crippen LogP contribution in [0.15, 0.2) is 164 Å². The minimum atomic E-state index is -0.482. The van der Waals surface area contributed by atoms with E-state index < -0.39 is 5.41 Å². The van der Waals surface area contributed by atoms with Crippen molar-refractivity contribution < 1.29 is 0 Å². The Kier molecular flexibility index (Phi) is 7.75. The first kappa shape index (κ1) is 33.4. The summed E-state index contributed by atoms with van der Waals surface area (Å²) >= 11 is 0. The summed E-state index contributed by atoms with van der Waals surface area (Å²) in [6, 6.07) is 60.3. The molecular formula is C53H48. The van der Waals surface area contributed by atoms with Gasteiger partial charge in [-0.25, -0.2) is 0 Å². The van der Waals surface area contributed by atoms with Crippen molar-refractivity contribution in [3.63, 3.8) is 0 Å². The maximum absolute atomic E-state index is 2.56. The molecule has 53 heavy (non-hydrogen) atoms. The van der Waals surface area contributed by atoms with Gasteiger partial charge in [0.05, 0.1) is 0 Å². The zero-order chi connectivity index (χ0) is 36.5. The summed E-state index contributed by atoms with van der Waals surface area (Å²) in [4.78, 5) is 0. The molecule has 260 valence electrons. The Balaban J connectivity index is 1.41. The van der Waals surface area contributed by atoms with E-state index in [0.29, 0.717) is 0 Å². The van der Waals surface area contributed by atoms with Crippen molar-refractivity contribution in [3.8, 4) is 22.3 Å². The quantitative estimate of drug-likeness (QED) is 0.169. The van der Waals surface area contributed by atoms with Gasteiger partial charge >= 0.3 is 0 Å². The maximum Gasteiger partial charge on any atom is 0.0415 e. The predicted molar refractivity (Wildman–Crippen MR) is 226 cm³/mol. The molecule has 7 aromatic rings. The van der Waals surface area contributed by atoms with Gasteiger partial charge in [-0.15, -0.1) is 0 Å². The second-order valence-electron chi connectivity index (χ2n) is 17.3. The summed E-state index contributed by atoms with van der Waals surface area (Å²) in [6.45, 7) is 14.1. The van der Waals surface area contributed by atoms with Crippen LogP contribution in [0.2, 0.25) is 0 Å². The van der Waals surface area contributed by atoms with E-state index in [9.17, 15) is 0 Å². The van der Waals surface area contributed by atoms with Crippen LogP contribution in [0.1, 0.15) is 97.9 Å². The van der Waals surface area contributed by atoms with Gasteiger partial charge in [-0.2, -0.15) is 0 Å². The number of rotatable bonds is 5. The number of allylic oxidation sites excluding steroid dienone is 1. The zero-order valence-electron chi connectivity index (χ0n) is 31.8. The largest absolute Gasteiger partial charge is 0.0751 e. The summed E-state index contributed by atoms with van der Waals surface area (Å²) in [5.41, 5.74) is 15.8. The van der Waals surface area contributed by atoms with Gasteiger partial charge in [0.15, 0.2) is 0 Å². The molecule has 1 atom stereocenters. The monoisotopic (exact) mass is 684 g/mol. The van der Waals surface area contributed by atoms with Gasteiger partial charge in [0.2, 0.25) is 0 Å². The van der Waals surface area contributed by atoms with E-state index in [1.165, 1.54) is 77.5 Å². The lowest BCUT2D eigenvalue weighted by Gasteiger charge is -2.47. The number of fused-ring (bicyclic) bond motifs is 5. The molecule has 0 saturated carbocycles. The molecule has 0 fully saturated rings. The van der Waals surface area contributed by atoms with Crippen LogP contribution in [0.3, 0.4) is 0 Å². The summed E-state index contributed by atoms with van der Waals surface area (Å²) in [5.74, 6) is 0.0949. The second-order valence-corrected chi connectivity index (χ2v) is 17.3. The third kappa shape index (κ3) is 5.34. The minimum absolute atomic E-state index is 0.0101. The first-order valence-electron chi connectivity index (χ1n) is 19.3. The molecule has 0 aromatic heterocycles. The molecule has 0 amide bonds. The van der Waals surface area contributed by atoms with E-state index in [1.54, 1.807) is 0 Å². The van der Waals surface area contributed by atoms with Gasteiger partial charge < -0.3 is 0 Å². The van der Waals surface area contributed by atoms with Crippen molar-refractivity contribution in [2.45, 2.75) is 69.6 Å². The first-order valence-corrected chi connectivity index (χ1v) is 19.3. The van der Waals surface area contributed by atoms with Crippen LogP contribution in [0.25, 0.3) is 39.1 Å². The van der Waals surface area contributed by atoms with E-state index in [4.69, 9.17) is 0 Å². The summed E-state index contributed by atoms with van der Waals surface area (Å²) in [7, 11) is 0. The SMILES string of the molecule is CC(C)(C)c1ccc2c(c1)C(C(c1ccccc1)(c1ccccc1)C1C=Cc3cccc(-c4ccc5ccccc5c4)c31)c1cc(C(C)(C)C)ccc1-2. The fraction of sp³-hybridized carbons (Fsp3) is 0.208. The highest BCUT2D eigenvalue weighted by Gasteiger charge is 2.54. The van der Waals surface area contributed by atoms with Crippen LogP contribution in [0.4, 0.5) is 0 Å². The Morgan fingerprint density at radius 2 is 0.962 bits per heavy atom. The number of benzene rings is 7. The molecule has 0 heteroatoms. The van der Waals surface area contributed by atoms with Crippen molar-refractivity contribution in [2.24, 2.45) is 0 Å². The molecule has 2 aliphatic rings. The minimum Gasteiger partial charge on any atom is -0.0751 e. The maximum atomic E-state index is 2.56. The van der Waals surface area contributed by atoms with Crippen LogP contribution in [0.5, 0.6) is 0 Å². The van der Waals surface area contributed by atoms with Crippen LogP contribution < -0.4 is 0 Å². The van der Waals surface area contributed by atoms with E-state index in [2.05, 4.69) is 211 Å². The normalized spacial score (nSPS) is 15.4. The van der Waals surface area contributed by atoms with E-state index >= 15 is 0 Å². The second kappa shape index (κ2) is 12.3. The highest BCUT2D eigenvalue weighted by Crippen LogP contribution is 2.64. The van der Waals surface area contributed by atoms with Gasteiger partial charge in [0.25, 0.3) is 0 Å². The van der Waals surface area contributed by atoms with Crippen LogP contribution in [0, 0.1) is 0 Å². The first-order chi connectivity index (χ1) is 25.5. The van der Waals surface area contributed by atoms with Gasteiger partial charge in [-0.1, -0.05) is 205 Å². The molecule has 0 saturated heterocycles. The van der Waals surface area contributed by atoms with Crippen molar-refractivity contribution in [1.29, 1.82) is 0 Å². The third-order valence-corrected chi connectivity index (χ3v) is 12.2. The topological polar surface area (TPSA) is 0 Å². The molecule has 2 aliphatic carbocycles. The lowest BCUT2D eigenvalue weighted by atomic mass is 9.55. The fourth-order valence-electron chi connectivity index (χ4n) is 9.51. The van der Waals surface area contributed by atoms with E-state index in [-0.39, 0.29) is 22.7 Å². The van der Waals surface area contributed by atoms with Crippen LogP contribution >= 0.6 is 0 Å². The third-order valence-electron chi connectivity index (χ3n) is 12.2. The Bertz CT molecular complexity index is 2410. The Hall–Kier alpha value is -5.46. The molecule has 0 bridgehead atoms. The standard InChI is InChI=1S/C53H48/c1-51(2,3)41-27-29-44-45-30-28-42(52(4,5)6)34-47(45)50(46(44)33-41)53(39-19-9-7-10-20-39,40-21-11-8-12-22-40)48-31-26-36-18-15-23-43(49(36)48)38-25-24-35-16-13-14-17-37(35)32-38/h7-34,48,50H,1-6H3. The zero-order valence-corrected chi connectivity index (χ0v) is 31.8. The van der Waals surface area contributed by atoms with Crippen molar-refractivity contribution in [2.75, 3.05) is 0 Å². The summed E-state index contributed by atoms with van der Waals surface area (Å²) < 4.78 is 0. The average molecular weight is 685 g/mol. The molecule has 0 aliphatic heterocycles. The summed E-state index contributed by atoms with van der Waals surface area (Å²) in [5, 5.41) is 2.54. The average Bonchev–Trinajstić information content (AvgIpc) is 3.75. The lowest BCUT2D eigenvalue weighted by Crippen LogP contribution is -2.40. The van der Waals surface area contributed by atoms with Crippen LogP contribution in [-0.2, 0) is 16.2 Å². The molecule has 0 nitrogen and oxygen atoms in total. The number of hydrogen-bond acceptors (Lipinski definition) is 0. The van der Waals surface area contributed by atoms with E-state index in [0.717, 1.165) is 0 Å². The van der Waals surface area contributed by atoms with Crippen molar-refractivity contribution in [1.82, 2.24) is 0 Å². The molecule has 7 aromatic carbocycles. The summed E-state index contributed by atoms with van der Waals surface area (Å²) in [6.07, 6.45) is 4.94. The molecule has 0 radical (unpaired) electrons. The fourth-order valence-corrected chi connectivity index (χ4v) is 9.51. The molecule has 9 rings (SSSR count). The van der Waals surface area contributed by atoms with Crippen molar-refractivity contribution in [3.05, 3.63) is 208 Å². The van der Waals surface area contributed by atoms with Crippen molar-refractivity contribution >= 4 is 16.8 Å². The predicted octanol–water partition coefficient (Wildman–Crippen LogP) is 14.0. The van der Waals surface area contributed by atoms with Gasteiger partial charge in [-0.05, 0) is 94.4 Å². The lowest BCUT2D eigenvalue weighted by molar-refractivity contribution is 0.416.